The summed E-state index contributed by atoms with van der Waals surface area (Å²) in [5, 5.41) is 0. The third kappa shape index (κ3) is 1.55. The van der Waals surface area contributed by atoms with E-state index in [4.69, 9.17) is 11.6 Å². The molecule has 0 radical (unpaired) electrons. The van der Waals surface area contributed by atoms with Crippen molar-refractivity contribution in [3.63, 3.8) is 0 Å². The molecule has 2 rings (SSSR count). The molecule has 14 heavy (non-hydrogen) atoms. The molecule has 0 unspecified atom stereocenters. The molecule has 0 fully saturated rings. The molecule has 0 aliphatic carbocycles. The predicted octanol–water partition coefficient (Wildman–Crippen LogP) is 2.01. The van der Waals surface area contributed by atoms with E-state index in [0.717, 1.165) is 18.0 Å². The standard InChI is InChI=1S/C10H12ClN3/c1-13(7-5-11)10-4-2-3-9-12-6-8-14(9)10/h2-4,6,8H,5,7H2,1H3. The highest BCUT2D eigenvalue weighted by Gasteiger charge is 2.04. The van der Waals surface area contributed by atoms with Crippen molar-refractivity contribution in [2.75, 3.05) is 24.4 Å². The number of nitrogens with zero attached hydrogens (tertiary/aromatic N) is 3. The van der Waals surface area contributed by atoms with Gasteiger partial charge in [0.1, 0.15) is 11.5 Å². The number of fused-ring (bicyclic) bond motifs is 1. The van der Waals surface area contributed by atoms with E-state index in [1.807, 2.05) is 29.8 Å². The minimum atomic E-state index is 0.627. The van der Waals surface area contributed by atoms with Gasteiger partial charge in [0.25, 0.3) is 0 Å². The van der Waals surface area contributed by atoms with Gasteiger partial charge in [0.05, 0.1) is 0 Å². The van der Waals surface area contributed by atoms with E-state index < -0.39 is 0 Å². The van der Waals surface area contributed by atoms with Gasteiger partial charge in [-0.25, -0.2) is 4.98 Å². The number of anilines is 1. The highest BCUT2D eigenvalue weighted by atomic mass is 35.5. The monoisotopic (exact) mass is 209 g/mol. The summed E-state index contributed by atoms with van der Waals surface area (Å²) < 4.78 is 2.05. The Morgan fingerprint density at radius 2 is 2.36 bits per heavy atom. The number of halogens is 1. The van der Waals surface area contributed by atoms with Crippen LogP contribution in [0.2, 0.25) is 0 Å². The number of imidazole rings is 1. The Hall–Kier alpha value is -1.22. The summed E-state index contributed by atoms with van der Waals surface area (Å²) in [7, 11) is 2.02. The van der Waals surface area contributed by atoms with Crippen LogP contribution in [-0.2, 0) is 0 Å². The molecule has 0 atom stereocenters. The summed E-state index contributed by atoms with van der Waals surface area (Å²) in [6.45, 7) is 0.832. The molecule has 0 bridgehead atoms. The lowest BCUT2D eigenvalue weighted by molar-refractivity contribution is 0.924. The Balaban J connectivity index is 2.45. The van der Waals surface area contributed by atoms with Crippen LogP contribution in [0, 0.1) is 0 Å². The number of rotatable bonds is 3. The lowest BCUT2D eigenvalue weighted by atomic mass is 10.4. The summed E-state index contributed by atoms with van der Waals surface area (Å²) in [5.41, 5.74) is 0.962. The summed E-state index contributed by atoms with van der Waals surface area (Å²) in [5.74, 6) is 1.74. The first-order valence-corrected chi connectivity index (χ1v) is 5.05. The predicted molar refractivity (Wildman–Crippen MR) is 59.2 cm³/mol. The minimum Gasteiger partial charge on any atom is -0.360 e. The van der Waals surface area contributed by atoms with Gasteiger partial charge in [-0.2, -0.15) is 0 Å². The molecule has 2 aromatic heterocycles. The van der Waals surface area contributed by atoms with Gasteiger partial charge < -0.3 is 4.90 Å². The Bertz CT molecular complexity index is 424. The lowest BCUT2D eigenvalue weighted by Crippen LogP contribution is -2.21. The molecule has 4 heteroatoms. The van der Waals surface area contributed by atoms with E-state index in [9.17, 15) is 0 Å². The van der Waals surface area contributed by atoms with Gasteiger partial charge in [-0.1, -0.05) is 6.07 Å². The van der Waals surface area contributed by atoms with Crippen molar-refractivity contribution in [2.24, 2.45) is 0 Å². The van der Waals surface area contributed by atoms with Gasteiger partial charge in [0.2, 0.25) is 0 Å². The second-order valence-electron chi connectivity index (χ2n) is 3.15. The van der Waals surface area contributed by atoms with Gasteiger partial charge in [-0.3, -0.25) is 4.40 Å². The summed E-state index contributed by atoms with van der Waals surface area (Å²) in [6.07, 6.45) is 3.75. The Morgan fingerprint density at radius 1 is 1.50 bits per heavy atom. The summed E-state index contributed by atoms with van der Waals surface area (Å²) >= 11 is 5.70. The maximum Gasteiger partial charge on any atom is 0.138 e. The van der Waals surface area contributed by atoms with Crippen molar-refractivity contribution in [1.82, 2.24) is 9.38 Å². The number of hydrogen-bond donors (Lipinski definition) is 0. The van der Waals surface area contributed by atoms with Crippen LogP contribution in [0.4, 0.5) is 5.82 Å². The second kappa shape index (κ2) is 3.88. The molecule has 74 valence electrons. The van der Waals surface area contributed by atoms with Gasteiger partial charge in [-0.15, -0.1) is 11.6 Å². The van der Waals surface area contributed by atoms with Crippen LogP contribution in [0.3, 0.4) is 0 Å². The maximum atomic E-state index is 5.70. The number of hydrogen-bond acceptors (Lipinski definition) is 2. The molecule has 0 aliphatic rings. The third-order valence-electron chi connectivity index (χ3n) is 2.22. The van der Waals surface area contributed by atoms with Crippen LogP contribution in [0.1, 0.15) is 0 Å². The van der Waals surface area contributed by atoms with Crippen molar-refractivity contribution in [2.45, 2.75) is 0 Å². The maximum absolute atomic E-state index is 5.70. The van der Waals surface area contributed by atoms with Gasteiger partial charge in [0.15, 0.2) is 0 Å². The van der Waals surface area contributed by atoms with E-state index in [1.165, 1.54) is 0 Å². The van der Waals surface area contributed by atoms with Gasteiger partial charge >= 0.3 is 0 Å². The zero-order valence-electron chi connectivity index (χ0n) is 8.02. The van der Waals surface area contributed by atoms with Crippen LogP contribution in [-0.4, -0.2) is 28.9 Å². The quantitative estimate of drug-likeness (QED) is 0.721. The fourth-order valence-corrected chi connectivity index (χ4v) is 1.74. The number of aromatic nitrogens is 2. The zero-order chi connectivity index (χ0) is 9.97. The van der Waals surface area contributed by atoms with E-state index in [1.54, 1.807) is 6.20 Å². The van der Waals surface area contributed by atoms with E-state index in [0.29, 0.717) is 5.88 Å². The van der Waals surface area contributed by atoms with Crippen LogP contribution in [0.5, 0.6) is 0 Å². The van der Waals surface area contributed by atoms with Crippen LogP contribution >= 0.6 is 11.6 Å². The molecule has 0 saturated carbocycles. The van der Waals surface area contributed by atoms with Crippen LogP contribution < -0.4 is 4.90 Å². The average Bonchev–Trinajstić information content (AvgIpc) is 2.65. The Labute approximate surface area is 87.9 Å². The van der Waals surface area contributed by atoms with Crippen molar-refractivity contribution in [3.8, 4) is 0 Å². The fourth-order valence-electron chi connectivity index (χ4n) is 1.49. The SMILES string of the molecule is CN(CCCl)c1cccc2nccn12. The summed E-state index contributed by atoms with van der Waals surface area (Å²) in [6, 6.07) is 6.04. The fraction of sp³-hybridized carbons (Fsp3) is 0.300. The number of alkyl halides is 1. The minimum absolute atomic E-state index is 0.627. The van der Waals surface area contributed by atoms with Crippen molar-refractivity contribution in [3.05, 3.63) is 30.6 Å². The first-order valence-electron chi connectivity index (χ1n) is 4.52. The normalized spacial score (nSPS) is 10.7. The Kier molecular flexibility index (Phi) is 2.59. The first kappa shape index (κ1) is 9.34. The second-order valence-corrected chi connectivity index (χ2v) is 3.53. The van der Waals surface area contributed by atoms with Crippen molar-refractivity contribution in [1.29, 1.82) is 0 Å². The van der Waals surface area contributed by atoms with Gasteiger partial charge in [-0.05, 0) is 12.1 Å². The largest absolute Gasteiger partial charge is 0.360 e. The Morgan fingerprint density at radius 3 is 3.14 bits per heavy atom. The third-order valence-corrected chi connectivity index (χ3v) is 2.39. The van der Waals surface area contributed by atoms with Crippen LogP contribution in [0.15, 0.2) is 30.6 Å². The number of pyridine rings is 1. The topological polar surface area (TPSA) is 20.5 Å². The molecule has 0 aliphatic heterocycles. The average molecular weight is 210 g/mol. The molecular formula is C10H12ClN3. The highest BCUT2D eigenvalue weighted by molar-refractivity contribution is 6.18. The molecule has 2 heterocycles. The zero-order valence-corrected chi connectivity index (χ0v) is 8.78. The molecule has 0 N–H and O–H groups in total. The lowest BCUT2D eigenvalue weighted by Gasteiger charge is -2.18. The molecule has 0 spiro atoms. The molecule has 0 saturated heterocycles. The summed E-state index contributed by atoms with van der Waals surface area (Å²) in [4.78, 5) is 6.34. The van der Waals surface area contributed by atoms with Gasteiger partial charge in [0, 0.05) is 31.9 Å². The molecule has 3 nitrogen and oxygen atoms in total. The van der Waals surface area contributed by atoms with Crippen LogP contribution in [0.25, 0.3) is 5.65 Å². The van der Waals surface area contributed by atoms with Crippen molar-refractivity contribution >= 4 is 23.1 Å². The molecule has 0 amide bonds. The first-order chi connectivity index (χ1) is 6.83. The molecule has 0 aromatic carbocycles. The molecular weight excluding hydrogens is 198 g/mol. The van der Waals surface area contributed by atoms with Crippen molar-refractivity contribution < 1.29 is 0 Å². The molecule has 2 aromatic rings. The van der Waals surface area contributed by atoms with E-state index in [2.05, 4.69) is 16.0 Å². The smallest absolute Gasteiger partial charge is 0.138 e. The van der Waals surface area contributed by atoms with E-state index >= 15 is 0 Å². The highest BCUT2D eigenvalue weighted by Crippen LogP contribution is 2.14. The van der Waals surface area contributed by atoms with E-state index in [-0.39, 0.29) is 0 Å².